The molecular weight excluding hydrogens is 283 g/mol. The molecule has 20 heavy (non-hydrogen) atoms. The Balaban J connectivity index is 2.33. The third-order valence-electron chi connectivity index (χ3n) is 2.80. The Morgan fingerprint density at radius 1 is 1.50 bits per heavy atom. The molecule has 1 aromatic heterocycles. The van der Waals surface area contributed by atoms with E-state index in [2.05, 4.69) is 14.7 Å². The Bertz CT molecular complexity index is 685. The van der Waals surface area contributed by atoms with E-state index in [1.165, 1.54) is 12.3 Å². The molecule has 108 valence electrons. The third-order valence-corrected chi connectivity index (χ3v) is 4.29. The molecule has 0 saturated heterocycles. The first kappa shape index (κ1) is 14.5. The second-order valence-corrected chi connectivity index (χ2v) is 5.93. The van der Waals surface area contributed by atoms with Crippen LogP contribution in [-0.4, -0.2) is 18.4 Å². The lowest BCUT2D eigenvalue weighted by molar-refractivity contribution is 0.527. The van der Waals surface area contributed by atoms with Crippen molar-refractivity contribution in [3.05, 3.63) is 42.2 Å². The van der Waals surface area contributed by atoms with Crippen molar-refractivity contribution in [2.24, 2.45) is 0 Å². The number of hydrogen-bond donors (Lipinski definition) is 3. The van der Waals surface area contributed by atoms with Crippen LogP contribution < -0.4 is 10.5 Å². The molecule has 1 unspecified atom stereocenters. The van der Waals surface area contributed by atoms with Gasteiger partial charge in [-0.2, -0.15) is 0 Å². The van der Waals surface area contributed by atoms with Gasteiger partial charge in [0.05, 0.1) is 6.04 Å². The van der Waals surface area contributed by atoms with Crippen molar-refractivity contribution in [2.45, 2.75) is 24.3 Å². The lowest BCUT2D eigenvalue weighted by atomic mass is 10.2. The van der Waals surface area contributed by atoms with E-state index in [1.54, 1.807) is 13.1 Å². The maximum Gasteiger partial charge on any atom is 0.244 e. The van der Waals surface area contributed by atoms with E-state index in [0.717, 1.165) is 12.1 Å². The highest BCUT2D eigenvalue weighted by atomic mass is 32.2. The summed E-state index contributed by atoms with van der Waals surface area (Å²) >= 11 is 0. The van der Waals surface area contributed by atoms with Crippen LogP contribution in [0.4, 0.5) is 10.1 Å². The third kappa shape index (κ3) is 2.97. The van der Waals surface area contributed by atoms with Gasteiger partial charge in [0, 0.05) is 18.1 Å². The first-order valence-corrected chi connectivity index (χ1v) is 7.49. The molecule has 0 saturated carbocycles. The number of aromatic nitrogens is 2. The van der Waals surface area contributed by atoms with Gasteiger partial charge in [-0.3, -0.25) is 0 Å². The number of hydrogen-bond acceptors (Lipinski definition) is 4. The zero-order valence-electron chi connectivity index (χ0n) is 10.8. The molecule has 0 radical (unpaired) electrons. The van der Waals surface area contributed by atoms with Crippen molar-refractivity contribution in [1.29, 1.82) is 0 Å². The van der Waals surface area contributed by atoms with Crippen molar-refractivity contribution in [3.8, 4) is 0 Å². The van der Waals surface area contributed by atoms with Crippen LogP contribution >= 0.6 is 0 Å². The summed E-state index contributed by atoms with van der Waals surface area (Å²) in [4.78, 5) is 6.37. The smallest absolute Gasteiger partial charge is 0.244 e. The number of nitrogen functional groups attached to an aromatic ring is 1. The number of nitrogens with one attached hydrogen (secondary N) is 2. The van der Waals surface area contributed by atoms with Gasteiger partial charge >= 0.3 is 0 Å². The summed E-state index contributed by atoms with van der Waals surface area (Å²) in [5, 5.41) is 0. The molecule has 0 spiro atoms. The average molecular weight is 298 g/mol. The minimum absolute atomic E-state index is 0.179. The van der Waals surface area contributed by atoms with Gasteiger partial charge in [0.1, 0.15) is 16.5 Å². The summed E-state index contributed by atoms with van der Waals surface area (Å²) in [7, 11) is -4.02. The molecule has 1 atom stereocenters. The van der Waals surface area contributed by atoms with Crippen LogP contribution in [-0.2, 0) is 10.0 Å². The predicted octanol–water partition coefficient (Wildman–Crippen LogP) is 1.56. The lowest BCUT2D eigenvalue weighted by Crippen LogP contribution is -2.29. The Morgan fingerprint density at radius 2 is 2.25 bits per heavy atom. The van der Waals surface area contributed by atoms with E-state index in [9.17, 15) is 12.8 Å². The number of sulfonamides is 1. The van der Waals surface area contributed by atoms with Gasteiger partial charge in [0.25, 0.3) is 0 Å². The molecule has 0 fully saturated rings. The molecule has 1 heterocycles. The molecule has 0 aliphatic rings. The number of imidazole rings is 1. The van der Waals surface area contributed by atoms with E-state index in [0.29, 0.717) is 12.2 Å². The van der Waals surface area contributed by atoms with Crippen LogP contribution in [0.25, 0.3) is 0 Å². The summed E-state index contributed by atoms with van der Waals surface area (Å²) in [6, 6.07) is 2.86. The highest BCUT2D eigenvalue weighted by Gasteiger charge is 2.24. The SMILES string of the molecule is CCC(NS(=O)(=O)c1cc(N)ccc1F)c1ncc[nH]1. The van der Waals surface area contributed by atoms with E-state index >= 15 is 0 Å². The summed E-state index contributed by atoms with van der Waals surface area (Å²) in [6.45, 7) is 1.80. The summed E-state index contributed by atoms with van der Waals surface area (Å²) in [5.74, 6) is -0.374. The van der Waals surface area contributed by atoms with Gasteiger partial charge in [0.2, 0.25) is 10.0 Å². The van der Waals surface area contributed by atoms with Crippen LogP contribution in [0, 0.1) is 5.82 Å². The number of rotatable bonds is 5. The van der Waals surface area contributed by atoms with E-state index < -0.39 is 26.8 Å². The van der Waals surface area contributed by atoms with Gasteiger partial charge in [-0.15, -0.1) is 0 Å². The first-order valence-electron chi connectivity index (χ1n) is 6.00. The zero-order chi connectivity index (χ0) is 14.8. The molecule has 2 rings (SSSR count). The van der Waals surface area contributed by atoms with Gasteiger partial charge in [-0.05, 0) is 24.6 Å². The van der Waals surface area contributed by atoms with Gasteiger partial charge < -0.3 is 10.7 Å². The van der Waals surface area contributed by atoms with E-state index in [4.69, 9.17) is 5.73 Å². The quantitative estimate of drug-likeness (QED) is 0.729. The van der Waals surface area contributed by atoms with Gasteiger partial charge in [-0.25, -0.2) is 22.5 Å². The van der Waals surface area contributed by atoms with Crippen LogP contribution in [0.1, 0.15) is 25.2 Å². The first-order chi connectivity index (χ1) is 9.44. The van der Waals surface area contributed by atoms with Crippen molar-refractivity contribution < 1.29 is 12.8 Å². The largest absolute Gasteiger partial charge is 0.399 e. The van der Waals surface area contributed by atoms with Gasteiger partial charge in [-0.1, -0.05) is 6.92 Å². The van der Waals surface area contributed by atoms with Crippen molar-refractivity contribution >= 4 is 15.7 Å². The fourth-order valence-corrected chi connectivity index (χ4v) is 3.17. The van der Waals surface area contributed by atoms with Crippen LogP contribution in [0.3, 0.4) is 0 Å². The topological polar surface area (TPSA) is 101 Å². The highest BCUT2D eigenvalue weighted by Crippen LogP contribution is 2.21. The second-order valence-electron chi connectivity index (χ2n) is 4.25. The minimum Gasteiger partial charge on any atom is -0.399 e. The zero-order valence-corrected chi connectivity index (χ0v) is 11.6. The summed E-state index contributed by atoms with van der Waals surface area (Å²) in [5.41, 5.74) is 5.68. The predicted molar refractivity (Wildman–Crippen MR) is 72.8 cm³/mol. The standard InChI is InChI=1S/C12H15FN4O2S/c1-2-10(12-15-5-6-16-12)17-20(18,19)11-7-8(14)3-4-9(11)13/h3-7,10,17H,2,14H2,1H3,(H,15,16). The molecule has 0 aliphatic heterocycles. The monoisotopic (exact) mass is 298 g/mol. The van der Waals surface area contributed by atoms with Crippen molar-refractivity contribution in [1.82, 2.24) is 14.7 Å². The van der Waals surface area contributed by atoms with Crippen LogP contribution in [0.15, 0.2) is 35.5 Å². The molecule has 0 bridgehead atoms. The van der Waals surface area contributed by atoms with Crippen molar-refractivity contribution in [3.63, 3.8) is 0 Å². The maximum absolute atomic E-state index is 13.7. The molecule has 4 N–H and O–H groups in total. The highest BCUT2D eigenvalue weighted by molar-refractivity contribution is 7.89. The average Bonchev–Trinajstić information content (AvgIpc) is 2.92. The summed E-state index contributed by atoms with van der Waals surface area (Å²) in [6.07, 6.45) is 3.58. The van der Waals surface area contributed by atoms with E-state index in [1.807, 2.05) is 0 Å². The number of nitrogens with two attached hydrogens (primary N) is 1. The number of nitrogens with zero attached hydrogens (tertiary/aromatic N) is 1. The Morgan fingerprint density at radius 3 is 2.85 bits per heavy atom. The summed E-state index contributed by atoms with van der Waals surface area (Å²) < 4.78 is 40.5. The van der Waals surface area contributed by atoms with Gasteiger partial charge in [0.15, 0.2) is 0 Å². The number of benzene rings is 1. The Labute approximate surface area is 116 Å². The maximum atomic E-state index is 13.7. The fraction of sp³-hybridized carbons (Fsp3) is 0.250. The Hall–Kier alpha value is -1.93. The molecule has 0 amide bonds. The molecule has 1 aromatic carbocycles. The van der Waals surface area contributed by atoms with Crippen LogP contribution in [0.2, 0.25) is 0 Å². The number of halogens is 1. The number of H-pyrrole nitrogens is 1. The molecular formula is C12H15FN4O2S. The molecule has 6 nitrogen and oxygen atoms in total. The fourth-order valence-electron chi connectivity index (χ4n) is 1.78. The molecule has 0 aliphatic carbocycles. The normalized spacial score (nSPS) is 13.3. The van der Waals surface area contributed by atoms with E-state index in [-0.39, 0.29) is 5.69 Å². The van der Waals surface area contributed by atoms with Crippen molar-refractivity contribution in [2.75, 3.05) is 5.73 Å². The number of aromatic amines is 1. The molecule has 8 heteroatoms. The number of anilines is 1. The molecule has 2 aromatic rings. The lowest BCUT2D eigenvalue weighted by Gasteiger charge is -2.15. The van der Waals surface area contributed by atoms with Crippen LogP contribution in [0.5, 0.6) is 0 Å². The minimum atomic E-state index is -4.02. The second kappa shape index (κ2) is 5.59. The Kier molecular flexibility index (Phi) is 4.05.